The van der Waals surface area contributed by atoms with Gasteiger partial charge in [-0.1, -0.05) is 6.07 Å². The van der Waals surface area contributed by atoms with Crippen LogP contribution in [0.25, 0.3) is 0 Å². The molecule has 1 aliphatic rings. The lowest BCUT2D eigenvalue weighted by Gasteiger charge is -2.33. The fraction of sp³-hybridized carbons (Fsp3) is 0.429. The van der Waals surface area contributed by atoms with Crippen LogP contribution in [0.4, 0.5) is 10.1 Å². The van der Waals surface area contributed by atoms with E-state index in [4.69, 9.17) is 17.0 Å². The lowest BCUT2D eigenvalue weighted by Crippen LogP contribution is -2.46. The van der Waals surface area contributed by atoms with E-state index < -0.39 is 0 Å². The number of aryl methyl sites for hydroxylation is 1. The Morgan fingerprint density at radius 1 is 1.57 bits per heavy atom. The summed E-state index contributed by atoms with van der Waals surface area (Å²) in [6, 6.07) is 4.89. The van der Waals surface area contributed by atoms with E-state index in [1.54, 1.807) is 30.8 Å². The Kier molecular flexibility index (Phi) is 5.41. The highest BCUT2D eigenvalue weighted by atomic mass is 32.2. The minimum atomic E-state index is -0.274. The maximum atomic E-state index is 13.5. The third-order valence-electron chi connectivity index (χ3n) is 3.24. The van der Waals surface area contributed by atoms with Gasteiger partial charge in [0.1, 0.15) is 11.1 Å². The maximum absolute atomic E-state index is 13.5. The van der Waals surface area contributed by atoms with Crippen molar-refractivity contribution in [2.24, 2.45) is 0 Å². The molecule has 1 heterocycles. The molecule has 0 bridgehead atoms. The highest BCUT2D eigenvalue weighted by Gasteiger charge is 2.28. The van der Waals surface area contributed by atoms with Crippen molar-refractivity contribution in [2.45, 2.75) is 12.2 Å². The van der Waals surface area contributed by atoms with Crippen molar-refractivity contribution < 1.29 is 13.9 Å². The second-order valence-electron chi connectivity index (χ2n) is 4.72. The number of thiocarbonyl (C=S) groups is 1. The zero-order chi connectivity index (χ0) is 15.4. The zero-order valence-electron chi connectivity index (χ0n) is 11.9. The molecule has 0 aromatic heterocycles. The first kappa shape index (κ1) is 16.0. The van der Waals surface area contributed by atoms with Crippen molar-refractivity contribution >= 4 is 40.7 Å². The third kappa shape index (κ3) is 4.07. The molecule has 2 rings (SSSR count). The third-order valence-corrected chi connectivity index (χ3v) is 4.76. The average molecular weight is 328 g/mol. The number of esters is 1. The van der Waals surface area contributed by atoms with Gasteiger partial charge >= 0.3 is 5.97 Å². The normalized spacial score (nSPS) is 18.2. The molecule has 1 aromatic carbocycles. The molecule has 0 amide bonds. The van der Waals surface area contributed by atoms with Crippen LogP contribution in [0.5, 0.6) is 0 Å². The molecule has 0 aliphatic carbocycles. The van der Waals surface area contributed by atoms with Crippen molar-refractivity contribution in [3.05, 3.63) is 29.6 Å². The van der Waals surface area contributed by atoms with Gasteiger partial charge in [0.05, 0.1) is 7.11 Å². The van der Waals surface area contributed by atoms with E-state index >= 15 is 0 Å². The summed E-state index contributed by atoms with van der Waals surface area (Å²) >= 11 is 6.90. The van der Waals surface area contributed by atoms with Crippen LogP contribution in [0.2, 0.25) is 0 Å². The molecule has 114 valence electrons. The number of halogens is 1. The second kappa shape index (κ2) is 7.09. The Balaban J connectivity index is 1.99. The molecule has 1 aliphatic heterocycles. The molecule has 4 nitrogen and oxygen atoms in total. The highest BCUT2D eigenvalue weighted by molar-refractivity contribution is 8.00. The summed E-state index contributed by atoms with van der Waals surface area (Å²) in [5.74, 6) is 0.280. The molecular formula is C14H17FN2O2S2. The van der Waals surface area contributed by atoms with E-state index in [2.05, 4.69) is 5.32 Å². The number of thioether (sulfide) groups is 1. The van der Waals surface area contributed by atoms with Gasteiger partial charge in [0.15, 0.2) is 5.11 Å². The summed E-state index contributed by atoms with van der Waals surface area (Å²) in [6.45, 7) is 2.95. The van der Waals surface area contributed by atoms with Crippen LogP contribution in [0.3, 0.4) is 0 Å². The fourth-order valence-corrected chi connectivity index (χ4v) is 3.39. The van der Waals surface area contributed by atoms with Crippen molar-refractivity contribution in [3.8, 4) is 0 Å². The summed E-state index contributed by atoms with van der Waals surface area (Å²) in [6.07, 6.45) is 0. The second-order valence-corrected chi connectivity index (χ2v) is 6.42. The number of ether oxygens (including phenoxy) is 1. The van der Waals surface area contributed by atoms with Crippen LogP contribution in [0.1, 0.15) is 5.56 Å². The van der Waals surface area contributed by atoms with Crippen molar-refractivity contribution in [1.29, 1.82) is 0 Å². The predicted molar refractivity (Wildman–Crippen MR) is 87.2 cm³/mol. The molecule has 0 unspecified atom stereocenters. The van der Waals surface area contributed by atoms with Crippen LogP contribution in [-0.4, -0.2) is 47.2 Å². The number of nitrogens with one attached hydrogen (secondary N) is 1. The smallest absolute Gasteiger partial charge is 0.320 e. The van der Waals surface area contributed by atoms with Crippen molar-refractivity contribution in [2.75, 3.05) is 31.3 Å². The Bertz CT molecular complexity index is 554. The van der Waals surface area contributed by atoms with E-state index in [1.165, 1.54) is 13.2 Å². The largest absolute Gasteiger partial charge is 0.468 e. The number of anilines is 1. The molecule has 1 atom stereocenters. The molecule has 1 fully saturated rings. The zero-order valence-corrected chi connectivity index (χ0v) is 13.5. The van der Waals surface area contributed by atoms with Gasteiger partial charge in [-0.25, -0.2) is 4.39 Å². The molecule has 0 saturated carbocycles. The van der Waals surface area contributed by atoms with E-state index in [1.807, 2.05) is 4.90 Å². The topological polar surface area (TPSA) is 41.6 Å². The Hall–Kier alpha value is -1.34. The lowest BCUT2D eigenvalue weighted by molar-refractivity contribution is -0.140. The number of nitrogens with zero attached hydrogens (tertiary/aromatic N) is 1. The monoisotopic (exact) mass is 328 g/mol. The lowest BCUT2D eigenvalue weighted by atomic mass is 10.2. The molecule has 1 aromatic rings. The fourth-order valence-electron chi connectivity index (χ4n) is 1.98. The van der Waals surface area contributed by atoms with Gasteiger partial charge in [0, 0.05) is 24.5 Å². The summed E-state index contributed by atoms with van der Waals surface area (Å²) in [5.41, 5.74) is 1.20. The molecule has 0 spiro atoms. The molecule has 7 heteroatoms. The van der Waals surface area contributed by atoms with E-state index in [0.717, 1.165) is 12.3 Å². The van der Waals surface area contributed by atoms with Crippen LogP contribution in [0.15, 0.2) is 18.2 Å². The number of carbonyl (C=O) groups is 1. The summed E-state index contributed by atoms with van der Waals surface area (Å²) < 4.78 is 18.3. The minimum Gasteiger partial charge on any atom is -0.468 e. The predicted octanol–water partition coefficient (Wildman–Crippen LogP) is 2.42. The first-order valence-corrected chi connectivity index (χ1v) is 7.98. The van der Waals surface area contributed by atoms with Gasteiger partial charge in [-0.3, -0.25) is 4.79 Å². The van der Waals surface area contributed by atoms with Gasteiger partial charge in [-0.15, -0.1) is 11.8 Å². The van der Waals surface area contributed by atoms with E-state index in [-0.39, 0.29) is 17.0 Å². The number of carbonyl (C=O) groups excluding carboxylic acids is 1. The summed E-state index contributed by atoms with van der Waals surface area (Å²) in [5, 5.41) is 3.27. The standard InChI is InChI=1S/C14H17FN2O2S2/c1-9-3-4-10(7-11(9)15)16-14(20)17-5-6-21-12(8-17)13(18)19-2/h3-4,7,12H,5-6,8H2,1-2H3,(H,16,20)/t12-/m0/s1. The number of hydrogen-bond acceptors (Lipinski definition) is 4. The molecule has 0 radical (unpaired) electrons. The van der Waals surface area contributed by atoms with E-state index in [0.29, 0.717) is 22.9 Å². The van der Waals surface area contributed by atoms with E-state index in [9.17, 15) is 9.18 Å². The van der Waals surface area contributed by atoms with Crippen molar-refractivity contribution in [3.63, 3.8) is 0 Å². The van der Waals surface area contributed by atoms with Crippen LogP contribution >= 0.6 is 24.0 Å². The SMILES string of the molecule is COC(=O)[C@@H]1CN(C(=S)Nc2ccc(C)c(F)c2)CCS1. The van der Waals surface area contributed by atoms with Crippen LogP contribution < -0.4 is 5.32 Å². The molecule has 21 heavy (non-hydrogen) atoms. The van der Waals surface area contributed by atoms with Crippen molar-refractivity contribution in [1.82, 2.24) is 4.90 Å². The van der Waals surface area contributed by atoms with Crippen LogP contribution in [-0.2, 0) is 9.53 Å². The molecular weight excluding hydrogens is 311 g/mol. The highest BCUT2D eigenvalue weighted by Crippen LogP contribution is 2.21. The first-order chi connectivity index (χ1) is 10.0. The first-order valence-electron chi connectivity index (χ1n) is 6.52. The molecule has 1 saturated heterocycles. The minimum absolute atomic E-state index is 0.238. The molecule has 1 N–H and O–H groups in total. The van der Waals surface area contributed by atoms with Gasteiger partial charge in [-0.05, 0) is 36.8 Å². The Morgan fingerprint density at radius 2 is 2.33 bits per heavy atom. The number of hydrogen-bond donors (Lipinski definition) is 1. The summed E-state index contributed by atoms with van der Waals surface area (Å²) in [4.78, 5) is 13.5. The Morgan fingerprint density at radius 3 is 3.00 bits per heavy atom. The Labute approximate surface area is 133 Å². The maximum Gasteiger partial charge on any atom is 0.320 e. The average Bonchev–Trinajstić information content (AvgIpc) is 2.50. The van der Waals surface area contributed by atoms with Gasteiger partial charge in [0.25, 0.3) is 0 Å². The quantitative estimate of drug-likeness (QED) is 0.664. The van der Waals surface area contributed by atoms with Gasteiger partial charge in [-0.2, -0.15) is 0 Å². The summed E-state index contributed by atoms with van der Waals surface area (Å²) in [7, 11) is 1.38. The van der Waals surface area contributed by atoms with Gasteiger partial charge < -0.3 is 15.0 Å². The number of rotatable bonds is 2. The number of methoxy groups -OCH3 is 1. The number of benzene rings is 1. The van der Waals surface area contributed by atoms with Crippen LogP contribution in [0, 0.1) is 12.7 Å². The van der Waals surface area contributed by atoms with Gasteiger partial charge in [0.2, 0.25) is 0 Å².